The lowest BCUT2D eigenvalue weighted by molar-refractivity contribution is -0.129. The average molecular weight is 305 g/mol. The number of hydrogen-bond acceptors (Lipinski definition) is 3. The lowest BCUT2D eigenvalue weighted by Gasteiger charge is -2.12. The number of esters is 1. The number of rotatable bonds is 2. The molecule has 3 nitrogen and oxygen atoms in total. The molecule has 0 bridgehead atoms. The second-order valence-corrected chi connectivity index (χ2v) is 5.88. The molecular formula is C20H19NO2. The highest BCUT2D eigenvalue weighted by molar-refractivity contribution is 6.12. The van der Waals surface area contributed by atoms with Crippen molar-refractivity contribution in [3.63, 3.8) is 0 Å². The third-order valence-electron chi connectivity index (χ3n) is 4.35. The van der Waals surface area contributed by atoms with E-state index in [0.29, 0.717) is 11.6 Å². The molecule has 0 spiro atoms. The van der Waals surface area contributed by atoms with Crippen molar-refractivity contribution in [2.75, 3.05) is 0 Å². The summed E-state index contributed by atoms with van der Waals surface area (Å²) in [6.45, 7) is 8.29. The first-order valence-electron chi connectivity index (χ1n) is 7.62. The maximum atomic E-state index is 12.1. The molecule has 23 heavy (non-hydrogen) atoms. The molecule has 0 aromatic heterocycles. The minimum absolute atomic E-state index is 0.347. The molecule has 0 fully saturated rings. The van der Waals surface area contributed by atoms with Gasteiger partial charge in [-0.3, -0.25) is 0 Å². The molecule has 0 radical (unpaired) electrons. The van der Waals surface area contributed by atoms with Crippen LogP contribution in [0.4, 0.5) is 0 Å². The molecule has 1 heterocycles. The molecule has 3 rings (SSSR count). The van der Waals surface area contributed by atoms with Crippen LogP contribution in [-0.2, 0) is 9.53 Å². The molecule has 1 aliphatic heterocycles. The van der Waals surface area contributed by atoms with Gasteiger partial charge in [0.15, 0.2) is 5.70 Å². The monoisotopic (exact) mass is 305 g/mol. The van der Waals surface area contributed by atoms with Gasteiger partial charge in [-0.1, -0.05) is 24.3 Å². The van der Waals surface area contributed by atoms with Crippen LogP contribution < -0.4 is 0 Å². The van der Waals surface area contributed by atoms with E-state index in [-0.39, 0.29) is 0 Å². The normalized spacial score (nSPS) is 15.7. The summed E-state index contributed by atoms with van der Waals surface area (Å²) < 4.78 is 5.32. The van der Waals surface area contributed by atoms with Crippen LogP contribution in [-0.4, -0.2) is 11.9 Å². The van der Waals surface area contributed by atoms with Crippen molar-refractivity contribution in [2.24, 2.45) is 4.99 Å². The highest BCUT2D eigenvalue weighted by atomic mass is 16.6. The van der Waals surface area contributed by atoms with Crippen LogP contribution in [0.25, 0.3) is 6.08 Å². The summed E-state index contributed by atoms with van der Waals surface area (Å²) in [4.78, 5) is 16.5. The van der Waals surface area contributed by atoms with E-state index in [1.807, 2.05) is 36.4 Å². The molecule has 0 amide bonds. The minimum Gasteiger partial charge on any atom is -0.402 e. The minimum atomic E-state index is -0.401. The summed E-state index contributed by atoms with van der Waals surface area (Å²) >= 11 is 0. The lowest BCUT2D eigenvalue weighted by atomic mass is 9.93. The first-order chi connectivity index (χ1) is 11.0. The Balaban J connectivity index is 2.07. The summed E-state index contributed by atoms with van der Waals surface area (Å²) in [6, 6.07) is 11.6. The average Bonchev–Trinajstić information content (AvgIpc) is 2.91. The van der Waals surface area contributed by atoms with E-state index in [2.05, 4.69) is 38.8 Å². The van der Waals surface area contributed by atoms with Crippen molar-refractivity contribution in [3.8, 4) is 0 Å². The molecular weight excluding hydrogens is 286 g/mol. The van der Waals surface area contributed by atoms with Crippen LogP contribution in [0, 0.1) is 27.7 Å². The Morgan fingerprint density at radius 1 is 0.957 bits per heavy atom. The summed E-state index contributed by atoms with van der Waals surface area (Å²) in [5.74, 6) is -0.0386. The Bertz CT molecular complexity index is 819. The predicted molar refractivity (Wildman–Crippen MR) is 92.4 cm³/mol. The third kappa shape index (κ3) is 2.82. The second kappa shape index (κ2) is 5.84. The smallest absolute Gasteiger partial charge is 0.363 e. The Kier molecular flexibility index (Phi) is 3.87. The summed E-state index contributed by atoms with van der Waals surface area (Å²) in [5, 5.41) is 0. The van der Waals surface area contributed by atoms with Gasteiger partial charge in [0.25, 0.3) is 0 Å². The van der Waals surface area contributed by atoms with Gasteiger partial charge in [0, 0.05) is 5.56 Å². The SMILES string of the molecule is Cc1cc(C)c(C)c(/C=C2\N=C(c3ccccc3)OC2=O)c1C. The van der Waals surface area contributed by atoms with E-state index in [4.69, 9.17) is 4.74 Å². The van der Waals surface area contributed by atoms with Gasteiger partial charge in [0.05, 0.1) is 0 Å². The van der Waals surface area contributed by atoms with Gasteiger partial charge < -0.3 is 4.74 Å². The van der Waals surface area contributed by atoms with Crippen LogP contribution in [0.5, 0.6) is 0 Å². The molecule has 0 saturated heterocycles. The largest absolute Gasteiger partial charge is 0.402 e. The van der Waals surface area contributed by atoms with Crippen molar-refractivity contribution in [3.05, 3.63) is 75.5 Å². The van der Waals surface area contributed by atoms with Gasteiger partial charge in [-0.25, -0.2) is 9.79 Å². The number of nitrogens with zero attached hydrogens (tertiary/aromatic N) is 1. The molecule has 0 aliphatic carbocycles. The second-order valence-electron chi connectivity index (χ2n) is 5.88. The fourth-order valence-corrected chi connectivity index (χ4v) is 2.71. The molecule has 0 saturated carbocycles. The van der Waals surface area contributed by atoms with Gasteiger partial charge in [0.1, 0.15) is 0 Å². The quantitative estimate of drug-likeness (QED) is 0.614. The predicted octanol–water partition coefficient (Wildman–Crippen LogP) is 4.26. The zero-order valence-corrected chi connectivity index (χ0v) is 13.8. The first-order valence-corrected chi connectivity index (χ1v) is 7.62. The summed E-state index contributed by atoms with van der Waals surface area (Å²) in [6.07, 6.45) is 1.84. The standard InChI is InChI=1S/C20H19NO2/c1-12-10-13(2)15(4)17(14(12)3)11-18-20(22)23-19(21-18)16-8-6-5-7-9-16/h5-11H,1-4H3/b18-11-. The number of aliphatic imine (C=N–C) groups is 1. The number of hydrogen-bond donors (Lipinski definition) is 0. The Hall–Kier alpha value is -2.68. The fraction of sp³-hybridized carbons (Fsp3) is 0.200. The molecule has 0 unspecified atom stereocenters. The van der Waals surface area contributed by atoms with Crippen molar-refractivity contribution < 1.29 is 9.53 Å². The van der Waals surface area contributed by atoms with Crippen LogP contribution in [0.1, 0.15) is 33.4 Å². The van der Waals surface area contributed by atoms with E-state index in [1.165, 1.54) is 11.1 Å². The highest BCUT2D eigenvalue weighted by Gasteiger charge is 2.24. The number of carbonyl (C=O) groups is 1. The first kappa shape index (κ1) is 15.2. The van der Waals surface area contributed by atoms with Crippen molar-refractivity contribution in [1.29, 1.82) is 0 Å². The number of aryl methyl sites for hydroxylation is 2. The molecule has 0 N–H and O–H groups in total. The molecule has 0 atom stereocenters. The molecule has 3 heteroatoms. The van der Waals surface area contributed by atoms with Crippen LogP contribution in [0.15, 0.2) is 47.1 Å². The maximum absolute atomic E-state index is 12.1. The van der Waals surface area contributed by atoms with Crippen molar-refractivity contribution in [2.45, 2.75) is 27.7 Å². The van der Waals surface area contributed by atoms with E-state index in [9.17, 15) is 4.79 Å². The third-order valence-corrected chi connectivity index (χ3v) is 4.35. The van der Waals surface area contributed by atoms with E-state index in [1.54, 1.807) is 0 Å². The van der Waals surface area contributed by atoms with E-state index in [0.717, 1.165) is 22.3 Å². The van der Waals surface area contributed by atoms with Crippen molar-refractivity contribution >= 4 is 17.9 Å². The zero-order valence-electron chi connectivity index (χ0n) is 13.8. The Morgan fingerprint density at radius 2 is 1.57 bits per heavy atom. The van der Waals surface area contributed by atoms with Crippen LogP contribution in [0.2, 0.25) is 0 Å². The summed E-state index contributed by atoms with van der Waals surface area (Å²) in [7, 11) is 0. The van der Waals surface area contributed by atoms with Gasteiger partial charge >= 0.3 is 5.97 Å². The van der Waals surface area contributed by atoms with Gasteiger partial charge in [0.2, 0.25) is 5.90 Å². The topological polar surface area (TPSA) is 38.7 Å². The number of cyclic esters (lactones) is 1. The maximum Gasteiger partial charge on any atom is 0.363 e. The van der Waals surface area contributed by atoms with Crippen LogP contribution in [0.3, 0.4) is 0 Å². The molecule has 116 valence electrons. The molecule has 2 aromatic carbocycles. The van der Waals surface area contributed by atoms with E-state index < -0.39 is 5.97 Å². The zero-order chi connectivity index (χ0) is 16.6. The molecule has 1 aliphatic rings. The molecule has 2 aromatic rings. The highest BCUT2D eigenvalue weighted by Crippen LogP contribution is 2.26. The number of carbonyl (C=O) groups excluding carboxylic acids is 1. The van der Waals surface area contributed by atoms with E-state index >= 15 is 0 Å². The lowest BCUT2D eigenvalue weighted by Crippen LogP contribution is -2.05. The van der Waals surface area contributed by atoms with Gasteiger partial charge in [-0.15, -0.1) is 0 Å². The number of ether oxygens (including phenoxy) is 1. The van der Waals surface area contributed by atoms with Crippen LogP contribution >= 0.6 is 0 Å². The Morgan fingerprint density at radius 3 is 2.17 bits per heavy atom. The summed E-state index contributed by atoms with van der Waals surface area (Å²) in [5.41, 5.74) is 6.94. The van der Waals surface area contributed by atoms with Gasteiger partial charge in [-0.2, -0.15) is 0 Å². The van der Waals surface area contributed by atoms with Gasteiger partial charge in [-0.05, 0) is 73.7 Å². The number of benzene rings is 2. The fourth-order valence-electron chi connectivity index (χ4n) is 2.71. The van der Waals surface area contributed by atoms with Crippen molar-refractivity contribution in [1.82, 2.24) is 0 Å². The Labute approximate surface area is 136 Å².